The Kier molecular flexibility index (Phi) is 5.61. The van der Waals surface area contributed by atoms with Crippen molar-refractivity contribution in [1.29, 1.82) is 5.26 Å². The maximum Gasteiger partial charge on any atom is 0.241 e. The lowest BCUT2D eigenvalue weighted by Gasteiger charge is -2.20. The first-order valence-electron chi connectivity index (χ1n) is 7.43. The number of carbonyl (C=O) groups excluding carboxylic acids is 1. The standard InChI is InChI=1S/C18H17F2N3O/c1-11(15-8-7-14(19)9-16(15)20)22-12(2)18(24)23-17-6-4-3-5-13(17)10-21/h3-9,11-12,22H,1-2H3,(H,23,24)/t11-,12+/m1/s1. The van der Waals surface area contributed by atoms with Gasteiger partial charge in [-0.2, -0.15) is 5.26 Å². The summed E-state index contributed by atoms with van der Waals surface area (Å²) in [5.74, 6) is -1.67. The van der Waals surface area contributed by atoms with E-state index < -0.39 is 23.7 Å². The van der Waals surface area contributed by atoms with E-state index in [2.05, 4.69) is 10.6 Å². The maximum absolute atomic E-state index is 13.8. The molecule has 0 heterocycles. The quantitative estimate of drug-likeness (QED) is 0.882. The molecule has 2 atom stereocenters. The van der Waals surface area contributed by atoms with Gasteiger partial charge >= 0.3 is 0 Å². The Bertz CT molecular complexity index is 786. The first-order chi connectivity index (χ1) is 11.4. The zero-order chi connectivity index (χ0) is 17.7. The smallest absolute Gasteiger partial charge is 0.241 e. The molecule has 0 aromatic heterocycles. The van der Waals surface area contributed by atoms with Gasteiger partial charge in [0, 0.05) is 17.7 Å². The van der Waals surface area contributed by atoms with Gasteiger partial charge in [-0.15, -0.1) is 0 Å². The molecule has 0 unspecified atom stereocenters. The Morgan fingerprint density at radius 2 is 1.88 bits per heavy atom. The second-order valence-corrected chi connectivity index (χ2v) is 5.42. The van der Waals surface area contributed by atoms with Crippen molar-refractivity contribution in [2.45, 2.75) is 25.9 Å². The SMILES string of the molecule is C[C@H](N[C@H](C)c1ccc(F)cc1F)C(=O)Nc1ccccc1C#N. The fraction of sp³-hybridized carbons (Fsp3) is 0.222. The average molecular weight is 329 g/mol. The molecule has 0 radical (unpaired) electrons. The van der Waals surface area contributed by atoms with E-state index in [1.165, 1.54) is 12.1 Å². The van der Waals surface area contributed by atoms with E-state index in [4.69, 9.17) is 5.26 Å². The highest BCUT2D eigenvalue weighted by Crippen LogP contribution is 2.19. The second kappa shape index (κ2) is 7.66. The van der Waals surface area contributed by atoms with E-state index in [0.29, 0.717) is 11.3 Å². The molecule has 2 aromatic rings. The fourth-order valence-corrected chi connectivity index (χ4v) is 2.32. The van der Waals surface area contributed by atoms with Crippen LogP contribution in [0.1, 0.15) is 31.0 Å². The zero-order valence-corrected chi connectivity index (χ0v) is 13.3. The van der Waals surface area contributed by atoms with E-state index in [0.717, 1.165) is 6.07 Å². The van der Waals surface area contributed by atoms with Crippen LogP contribution in [0.25, 0.3) is 0 Å². The third-order valence-corrected chi connectivity index (χ3v) is 3.63. The van der Waals surface area contributed by atoms with Crippen LogP contribution < -0.4 is 10.6 Å². The van der Waals surface area contributed by atoms with Gasteiger partial charge in [0.1, 0.15) is 17.7 Å². The molecule has 2 aromatic carbocycles. The molecule has 6 heteroatoms. The molecule has 0 fully saturated rings. The summed E-state index contributed by atoms with van der Waals surface area (Å²) in [6.07, 6.45) is 0. The molecule has 0 saturated heterocycles. The molecule has 2 N–H and O–H groups in total. The van der Waals surface area contributed by atoms with Crippen LogP contribution in [0.3, 0.4) is 0 Å². The number of para-hydroxylation sites is 1. The number of rotatable bonds is 5. The van der Waals surface area contributed by atoms with E-state index in [1.54, 1.807) is 38.1 Å². The van der Waals surface area contributed by atoms with Crippen LogP contribution in [0.4, 0.5) is 14.5 Å². The number of nitrogens with zero attached hydrogens (tertiary/aromatic N) is 1. The summed E-state index contributed by atoms with van der Waals surface area (Å²) in [6.45, 7) is 3.31. The van der Waals surface area contributed by atoms with Crippen LogP contribution in [0, 0.1) is 23.0 Å². The molecule has 1 amide bonds. The monoisotopic (exact) mass is 329 g/mol. The number of hydrogen-bond acceptors (Lipinski definition) is 3. The summed E-state index contributed by atoms with van der Waals surface area (Å²) < 4.78 is 26.7. The van der Waals surface area contributed by atoms with Crippen LogP contribution in [-0.2, 0) is 4.79 Å². The molecule has 2 rings (SSSR count). The highest BCUT2D eigenvalue weighted by Gasteiger charge is 2.19. The normalized spacial score (nSPS) is 13.0. The largest absolute Gasteiger partial charge is 0.324 e. The average Bonchev–Trinajstić information content (AvgIpc) is 2.55. The Hall–Kier alpha value is -2.78. The predicted molar refractivity (Wildman–Crippen MR) is 87.2 cm³/mol. The predicted octanol–water partition coefficient (Wildman–Crippen LogP) is 3.51. The number of benzene rings is 2. The van der Waals surface area contributed by atoms with E-state index >= 15 is 0 Å². The number of carbonyl (C=O) groups is 1. The Balaban J connectivity index is 2.04. The number of nitrogens with one attached hydrogen (secondary N) is 2. The van der Waals surface area contributed by atoms with Gasteiger partial charge in [0.05, 0.1) is 17.3 Å². The summed E-state index contributed by atoms with van der Waals surface area (Å²) in [4.78, 5) is 12.2. The lowest BCUT2D eigenvalue weighted by atomic mass is 10.1. The topological polar surface area (TPSA) is 64.9 Å². The number of halogens is 2. The van der Waals surface area contributed by atoms with Crippen molar-refractivity contribution in [3.8, 4) is 6.07 Å². The number of amides is 1. The fourth-order valence-electron chi connectivity index (χ4n) is 2.32. The van der Waals surface area contributed by atoms with Gasteiger partial charge in [0.25, 0.3) is 0 Å². The van der Waals surface area contributed by atoms with Crippen molar-refractivity contribution < 1.29 is 13.6 Å². The zero-order valence-electron chi connectivity index (χ0n) is 13.3. The van der Waals surface area contributed by atoms with Gasteiger partial charge in [0.2, 0.25) is 5.91 Å². The van der Waals surface area contributed by atoms with Crippen LogP contribution in [-0.4, -0.2) is 11.9 Å². The summed E-state index contributed by atoms with van der Waals surface area (Å²) >= 11 is 0. The molecule has 0 aliphatic rings. The Morgan fingerprint density at radius 3 is 2.54 bits per heavy atom. The van der Waals surface area contributed by atoms with Crippen molar-refractivity contribution in [2.75, 3.05) is 5.32 Å². The van der Waals surface area contributed by atoms with Crippen molar-refractivity contribution in [1.82, 2.24) is 5.32 Å². The van der Waals surface area contributed by atoms with Gasteiger partial charge in [-0.05, 0) is 32.0 Å². The maximum atomic E-state index is 13.8. The van der Waals surface area contributed by atoms with Crippen LogP contribution in [0.2, 0.25) is 0 Å². The molecule has 4 nitrogen and oxygen atoms in total. The van der Waals surface area contributed by atoms with E-state index in [-0.39, 0.29) is 11.5 Å². The molecular weight excluding hydrogens is 312 g/mol. The molecule has 124 valence electrons. The summed E-state index contributed by atoms with van der Waals surface area (Å²) in [7, 11) is 0. The van der Waals surface area contributed by atoms with Gasteiger partial charge in [-0.25, -0.2) is 8.78 Å². The van der Waals surface area contributed by atoms with Crippen LogP contribution in [0.15, 0.2) is 42.5 Å². The molecule has 0 aliphatic heterocycles. The minimum Gasteiger partial charge on any atom is -0.324 e. The van der Waals surface area contributed by atoms with Crippen molar-refractivity contribution >= 4 is 11.6 Å². The highest BCUT2D eigenvalue weighted by atomic mass is 19.1. The molecule has 0 aliphatic carbocycles. The molecule has 0 bridgehead atoms. The van der Waals surface area contributed by atoms with Gasteiger partial charge in [0.15, 0.2) is 0 Å². The van der Waals surface area contributed by atoms with E-state index in [1.807, 2.05) is 6.07 Å². The first-order valence-corrected chi connectivity index (χ1v) is 7.43. The van der Waals surface area contributed by atoms with Gasteiger partial charge in [-0.3, -0.25) is 10.1 Å². The summed E-state index contributed by atoms with van der Waals surface area (Å²) in [5, 5.41) is 14.6. The molecule has 0 spiro atoms. The third-order valence-electron chi connectivity index (χ3n) is 3.63. The highest BCUT2D eigenvalue weighted by molar-refractivity contribution is 5.95. The van der Waals surface area contributed by atoms with Gasteiger partial charge in [-0.1, -0.05) is 18.2 Å². The minimum absolute atomic E-state index is 0.272. The lowest BCUT2D eigenvalue weighted by molar-refractivity contribution is -0.117. The summed E-state index contributed by atoms with van der Waals surface area (Å²) in [6, 6.07) is 10.8. The molecular formula is C18H17F2N3O. The van der Waals surface area contributed by atoms with Crippen molar-refractivity contribution in [3.05, 3.63) is 65.2 Å². The number of hydrogen-bond donors (Lipinski definition) is 2. The number of nitriles is 1. The molecule has 24 heavy (non-hydrogen) atoms. The Morgan fingerprint density at radius 1 is 1.17 bits per heavy atom. The minimum atomic E-state index is -0.669. The first kappa shape index (κ1) is 17.6. The summed E-state index contributed by atoms with van der Waals surface area (Å²) in [5.41, 5.74) is 1.04. The number of anilines is 1. The van der Waals surface area contributed by atoms with Crippen molar-refractivity contribution in [3.63, 3.8) is 0 Å². The Labute approximate surface area is 139 Å². The van der Waals surface area contributed by atoms with Crippen LogP contribution >= 0.6 is 0 Å². The molecule has 0 saturated carbocycles. The van der Waals surface area contributed by atoms with E-state index in [9.17, 15) is 13.6 Å². The lowest BCUT2D eigenvalue weighted by Crippen LogP contribution is -2.39. The van der Waals surface area contributed by atoms with Gasteiger partial charge < -0.3 is 5.32 Å². The third kappa shape index (κ3) is 4.15. The second-order valence-electron chi connectivity index (χ2n) is 5.42. The van der Waals surface area contributed by atoms with Crippen LogP contribution in [0.5, 0.6) is 0 Å². The van der Waals surface area contributed by atoms with Crippen molar-refractivity contribution in [2.24, 2.45) is 0 Å².